The van der Waals surface area contributed by atoms with Crippen LogP contribution in [0, 0.1) is 0 Å². The number of hydrogen-bond donors (Lipinski definition) is 0. The molecule has 0 saturated heterocycles. The summed E-state index contributed by atoms with van der Waals surface area (Å²) in [6.07, 6.45) is 2.25. The monoisotopic (exact) mass is 1110 g/mol. The summed E-state index contributed by atoms with van der Waals surface area (Å²) in [4.78, 5) is 16.7. The van der Waals surface area contributed by atoms with Crippen LogP contribution >= 0.6 is 11.3 Å². The molecule has 0 unspecified atom stereocenters. The molecular weight excluding hydrogens is 1060 g/mol. The molecule has 9 aromatic carbocycles. The van der Waals surface area contributed by atoms with Gasteiger partial charge in [0.05, 0.1) is 27.8 Å². The van der Waals surface area contributed by atoms with Crippen molar-refractivity contribution < 1.29 is 9.47 Å². The fourth-order valence-corrected chi connectivity index (χ4v) is 16.8. The highest BCUT2D eigenvalue weighted by molar-refractivity contribution is 7.33. The van der Waals surface area contributed by atoms with Crippen LogP contribution in [-0.4, -0.2) is 32.5 Å². The van der Waals surface area contributed by atoms with Gasteiger partial charge in [0.1, 0.15) is 46.3 Å². The fraction of sp³-hybridized carbons (Fsp3) is 0.108. The maximum Gasteiger partial charge on any atom is 0.271 e. The first-order valence-electron chi connectivity index (χ1n) is 29.7. The van der Waals surface area contributed by atoms with E-state index in [0.29, 0.717) is 0 Å². The second-order valence-corrected chi connectivity index (χ2v) is 26.1. The highest BCUT2D eigenvalue weighted by Crippen LogP contribution is 2.52. The van der Waals surface area contributed by atoms with Crippen LogP contribution in [0.3, 0.4) is 0 Å². The van der Waals surface area contributed by atoms with Crippen LogP contribution in [0.5, 0.6) is 23.0 Å². The highest BCUT2D eigenvalue weighted by atomic mass is 32.1. The van der Waals surface area contributed by atoms with E-state index in [-0.39, 0.29) is 24.3 Å². The lowest BCUT2D eigenvalue weighted by Gasteiger charge is -2.43. The summed E-state index contributed by atoms with van der Waals surface area (Å²) in [5.41, 5.74) is 17.0. The summed E-state index contributed by atoms with van der Waals surface area (Å²) in [6.45, 7) is 9.21. The van der Waals surface area contributed by atoms with Gasteiger partial charge in [-0.15, -0.1) is 11.3 Å². The number of pyridine rings is 2. The summed E-state index contributed by atoms with van der Waals surface area (Å²) < 4.78 is 22.3. The van der Waals surface area contributed by atoms with Crippen LogP contribution in [0.15, 0.2) is 218 Å². The van der Waals surface area contributed by atoms with Gasteiger partial charge in [0.15, 0.2) is 0 Å². The molecule has 9 heterocycles. The van der Waals surface area contributed by atoms with E-state index in [1.807, 2.05) is 11.3 Å². The van der Waals surface area contributed by atoms with E-state index in [2.05, 4.69) is 265 Å². The molecule has 5 aromatic heterocycles. The van der Waals surface area contributed by atoms with Gasteiger partial charge in [-0.1, -0.05) is 167 Å². The van der Waals surface area contributed by atoms with E-state index >= 15 is 0 Å². The van der Waals surface area contributed by atoms with Gasteiger partial charge in [-0.2, -0.15) is 0 Å². The molecule has 0 spiro atoms. The van der Waals surface area contributed by atoms with Crippen molar-refractivity contribution in [2.75, 3.05) is 9.80 Å². The Bertz CT molecular complexity index is 5170. The van der Waals surface area contributed by atoms with E-state index in [0.717, 1.165) is 120 Å². The molecule has 0 saturated carbocycles. The van der Waals surface area contributed by atoms with E-state index < -0.39 is 0 Å². The molecule has 0 radical (unpaired) electrons. The van der Waals surface area contributed by atoms with Crippen LogP contribution in [0.25, 0.3) is 65.3 Å². The lowest BCUT2D eigenvalue weighted by Crippen LogP contribution is -2.63. The molecule has 0 fully saturated rings. The van der Waals surface area contributed by atoms with Gasteiger partial charge in [-0.3, -0.25) is 18.9 Å². The van der Waals surface area contributed by atoms with Gasteiger partial charge in [0, 0.05) is 82.6 Å². The van der Waals surface area contributed by atoms with E-state index in [1.165, 1.54) is 58.7 Å². The number of ether oxygens (including phenoxy) is 2. The summed E-state index contributed by atoms with van der Waals surface area (Å²) >= 11 is 1.89. The zero-order valence-corrected chi connectivity index (χ0v) is 48.1. The van der Waals surface area contributed by atoms with Gasteiger partial charge in [-0.25, -0.2) is 9.97 Å². The average molecular weight is 1110 g/mol. The Kier molecular flexibility index (Phi) is 9.49. The molecule has 8 nitrogen and oxygen atoms in total. The maximum absolute atomic E-state index is 7.62. The number of rotatable bonds is 4. The topological polar surface area (TPSA) is 60.6 Å². The minimum absolute atomic E-state index is 0.0178. The predicted molar refractivity (Wildman–Crippen MR) is 353 cm³/mol. The van der Waals surface area contributed by atoms with Crippen molar-refractivity contribution in [2.24, 2.45) is 0 Å². The highest BCUT2D eigenvalue weighted by Gasteiger charge is 2.50. The number of aromatic nitrogens is 4. The van der Waals surface area contributed by atoms with Crippen molar-refractivity contribution >= 4 is 145 Å². The molecule has 4 aliphatic heterocycles. The molecule has 1 aliphatic carbocycles. The molecule has 0 N–H and O–H groups in total. The number of fused-ring (bicyclic) bond motifs is 17. The quantitative estimate of drug-likeness (QED) is 0.164. The Morgan fingerprint density at radius 1 is 0.412 bits per heavy atom. The lowest BCUT2D eigenvalue weighted by atomic mass is 9.32. The largest absolute Gasteiger partial charge is 0.458 e. The molecule has 14 aromatic rings. The Hall–Kier alpha value is -9.83. The number of nitrogens with zero attached hydrogens (tertiary/aromatic N) is 6. The molecule has 402 valence electrons. The zero-order chi connectivity index (χ0) is 56.2. The van der Waals surface area contributed by atoms with Crippen LogP contribution in [-0.2, 0) is 10.8 Å². The first-order chi connectivity index (χ1) is 41.6. The second-order valence-electron chi connectivity index (χ2n) is 25.0. The normalized spacial score (nSPS) is 15.5. The third kappa shape index (κ3) is 6.48. The molecule has 19 rings (SSSR count). The van der Waals surface area contributed by atoms with Crippen LogP contribution in [0.4, 0.5) is 34.4 Å². The number of benzene rings is 9. The Labute approximate surface area is 495 Å². The molecular formula is C74H52B2N6O2S. The van der Waals surface area contributed by atoms with E-state index in [1.54, 1.807) is 0 Å². The fourth-order valence-electron chi connectivity index (χ4n) is 15.4. The van der Waals surface area contributed by atoms with Gasteiger partial charge < -0.3 is 9.47 Å². The minimum Gasteiger partial charge on any atom is -0.458 e. The number of para-hydroxylation sites is 6. The van der Waals surface area contributed by atoms with Crippen LogP contribution in [0.1, 0.15) is 51.7 Å². The summed E-state index contributed by atoms with van der Waals surface area (Å²) in [5, 5.41) is 5.91. The van der Waals surface area contributed by atoms with Gasteiger partial charge in [-0.05, 0) is 112 Å². The van der Waals surface area contributed by atoms with E-state index in [4.69, 9.17) is 19.4 Å². The average Bonchev–Trinajstić information content (AvgIpc) is 1.89. The number of anilines is 6. The van der Waals surface area contributed by atoms with Crippen molar-refractivity contribution in [2.45, 2.75) is 51.4 Å². The standard InChI is InChI=1S/C74H52B2N6O2S/c1-73(2)36-37-74(3,4)51-38-44(34-35-50(51)73)80-69-49-26-12-19-33-64(49)85-70(69)76-54-39-53-60(40-61(54)84-63-42-66(78-72(80)68(63)76)82-57-30-16-10-24-47(57)48-25-11-17-31-58(48)82)83-62-41-65(81-55-28-14-8-22-45(55)46-23-9-15-29-56(46)81)77-71-67(62)75(53)52-27-13-18-32-59(52)79(71)43-20-6-5-7-21-43/h5-35,38-42H,36-37H2,1-4H3. The van der Waals surface area contributed by atoms with Crippen LogP contribution in [0.2, 0.25) is 0 Å². The molecule has 0 atom stereocenters. The van der Waals surface area contributed by atoms with Crippen molar-refractivity contribution in [3.63, 3.8) is 0 Å². The first-order valence-corrected chi connectivity index (χ1v) is 30.5. The van der Waals surface area contributed by atoms with Gasteiger partial charge in [0.2, 0.25) is 0 Å². The SMILES string of the molecule is CC1(C)CCC(C)(C)c2cc(N3c4nc(-n5c6ccccc6c6ccccc65)cc5c4B(c4cc6c(cc4O5)Oc4cc(-n5c7ccccc7c7ccccc75)nc5c4B6c4ccccc4N5c4ccccc4)c4sc5ccccc5c43)ccc21. The molecule has 0 bridgehead atoms. The maximum atomic E-state index is 7.62. The van der Waals surface area contributed by atoms with Crippen molar-refractivity contribution in [3.05, 3.63) is 230 Å². The smallest absolute Gasteiger partial charge is 0.271 e. The zero-order valence-electron chi connectivity index (χ0n) is 47.3. The van der Waals surface area contributed by atoms with Crippen molar-refractivity contribution in [3.8, 4) is 34.6 Å². The minimum atomic E-state index is -0.230. The lowest BCUT2D eigenvalue weighted by molar-refractivity contribution is 0.332. The Morgan fingerprint density at radius 2 is 0.906 bits per heavy atom. The summed E-state index contributed by atoms with van der Waals surface area (Å²) in [7, 11) is 0. The molecule has 85 heavy (non-hydrogen) atoms. The molecule has 0 amide bonds. The molecule has 5 aliphatic rings. The van der Waals surface area contributed by atoms with E-state index in [9.17, 15) is 0 Å². The van der Waals surface area contributed by atoms with Gasteiger partial charge >= 0.3 is 0 Å². The summed E-state index contributed by atoms with van der Waals surface area (Å²) in [5.74, 6) is 6.37. The predicted octanol–water partition coefficient (Wildman–Crippen LogP) is 15.0. The Morgan fingerprint density at radius 3 is 1.52 bits per heavy atom. The van der Waals surface area contributed by atoms with Crippen LogP contribution < -0.4 is 51.4 Å². The second kappa shape index (κ2) is 16.9. The third-order valence-corrected chi connectivity index (χ3v) is 20.7. The molecule has 11 heteroatoms. The third-order valence-electron chi connectivity index (χ3n) is 19.5. The summed E-state index contributed by atoms with van der Waals surface area (Å²) in [6, 6.07) is 79.4. The Balaban J connectivity index is 0.879. The number of hydrogen-bond acceptors (Lipinski definition) is 7. The van der Waals surface area contributed by atoms with Crippen molar-refractivity contribution in [1.82, 2.24) is 19.1 Å². The van der Waals surface area contributed by atoms with Crippen molar-refractivity contribution in [1.29, 1.82) is 0 Å². The van der Waals surface area contributed by atoms with Gasteiger partial charge in [0.25, 0.3) is 13.4 Å². The number of thiophene rings is 1. The first kappa shape index (κ1) is 47.6.